The molecule has 0 aliphatic carbocycles. The van der Waals surface area contributed by atoms with Gasteiger partial charge in [-0.1, -0.05) is 19.8 Å². The van der Waals surface area contributed by atoms with Gasteiger partial charge in [-0.3, -0.25) is 9.83 Å². The molecule has 0 bridgehead atoms. The van der Waals surface area contributed by atoms with Crippen LogP contribution in [0.1, 0.15) is 32.6 Å². The van der Waals surface area contributed by atoms with Gasteiger partial charge in [0.1, 0.15) is 0 Å². The first kappa shape index (κ1) is 14.7. The minimum absolute atomic E-state index is 0.132. The lowest BCUT2D eigenvalue weighted by atomic mass is 10.2. The first-order chi connectivity index (χ1) is 7.22. The van der Waals surface area contributed by atoms with Gasteiger partial charge in [-0.15, -0.1) is 0 Å². The van der Waals surface area contributed by atoms with Crippen molar-refractivity contribution in [2.75, 3.05) is 19.3 Å². The number of nitrogens with zero attached hydrogens (tertiary/aromatic N) is 1. The number of hydrogen-bond donors (Lipinski definition) is 0. The number of amides is 1. The fourth-order valence-corrected chi connectivity index (χ4v) is 1.53. The predicted octanol–water partition coefficient (Wildman–Crippen LogP) is 0.897. The van der Waals surface area contributed by atoms with E-state index in [1.54, 1.807) is 11.9 Å². The van der Waals surface area contributed by atoms with Gasteiger partial charge in [0.2, 0.25) is 5.91 Å². The van der Waals surface area contributed by atoms with E-state index in [2.05, 4.69) is 16.3 Å². The maximum absolute atomic E-state index is 11.5. The molecule has 5 nitrogen and oxygen atoms in total. The fourth-order valence-electron chi connectivity index (χ4n) is 1.07. The fraction of sp³-hybridized carbons (Fsp3) is 0.889. The molecule has 0 aromatic carbocycles. The van der Waals surface area contributed by atoms with Crippen molar-refractivity contribution < 1.29 is 19.4 Å². The summed E-state index contributed by atoms with van der Waals surface area (Å²) in [5.74, 6) is 0.658. The van der Waals surface area contributed by atoms with Gasteiger partial charge in [-0.25, -0.2) is 0 Å². The maximum Gasteiger partial charge on any atom is 0.222 e. The topological polar surface area (TPSA) is 61.8 Å². The van der Waals surface area contributed by atoms with Crippen molar-refractivity contribution in [1.29, 1.82) is 0 Å². The molecule has 0 saturated carbocycles. The molecule has 0 rings (SSSR count). The lowest BCUT2D eigenvalue weighted by Gasteiger charge is -2.16. The molecule has 0 unspecified atom stereocenters. The second kappa shape index (κ2) is 10.2. The van der Waals surface area contributed by atoms with Crippen LogP contribution < -0.4 is 5.26 Å². The van der Waals surface area contributed by atoms with Crippen molar-refractivity contribution in [2.45, 2.75) is 32.6 Å². The summed E-state index contributed by atoms with van der Waals surface area (Å²) in [7, 11) is 1.74. The zero-order chi connectivity index (χ0) is 11.5. The Kier molecular flexibility index (Phi) is 10.0. The second-order valence-electron chi connectivity index (χ2n) is 3.23. The molecule has 1 amide bonds. The van der Waals surface area contributed by atoms with Crippen LogP contribution in [0, 0.1) is 0 Å². The lowest BCUT2D eigenvalue weighted by molar-refractivity contribution is -0.777. The second-order valence-corrected chi connectivity index (χ2v) is 4.01. The predicted molar refractivity (Wildman–Crippen MR) is 56.4 cm³/mol. The summed E-state index contributed by atoms with van der Waals surface area (Å²) >= 11 is 0.899. The monoisotopic (exact) mass is 236 g/mol. The van der Waals surface area contributed by atoms with Gasteiger partial charge in [0.05, 0.1) is 0 Å². The van der Waals surface area contributed by atoms with E-state index in [1.165, 1.54) is 0 Å². The minimum Gasteiger partial charge on any atom is -0.691 e. The van der Waals surface area contributed by atoms with Crippen LogP contribution in [0.2, 0.25) is 0 Å². The quantitative estimate of drug-likeness (QED) is 0.257. The van der Waals surface area contributed by atoms with Gasteiger partial charge >= 0.3 is 0 Å². The molecule has 0 atom stereocenters. The van der Waals surface area contributed by atoms with Crippen LogP contribution in [-0.4, -0.2) is 30.2 Å². The van der Waals surface area contributed by atoms with Gasteiger partial charge in [0.15, 0.2) is 0 Å². The van der Waals surface area contributed by atoms with Gasteiger partial charge in [0, 0.05) is 37.8 Å². The van der Waals surface area contributed by atoms with Crippen molar-refractivity contribution in [3.05, 3.63) is 0 Å². The summed E-state index contributed by atoms with van der Waals surface area (Å²) in [6.45, 7) is 2.66. The lowest BCUT2D eigenvalue weighted by Crippen LogP contribution is -2.28. The van der Waals surface area contributed by atoms with Crippen LogP contribution in [-0.2, 0) is 14.2 Å². The molecular weight excluding hydrogens is 218 g/mol. The summed E-state index contributed by atoms with van der Waals surface area (Å²) < 4.78 is 4.09. The highest BCUT2D eigenvalue weighted by atomic mass is 32.2. The third-order valence-electron chi connectivity index (χ3n) is 2.01. The maximum atomic E-state index is 11.5. The van der Waals surface area contributed by atoms with Gasteiger partial charge in [0.25, 0.3) is 0 Å². The highest BCUT2D eigenvalue weighted by Gasteiger charge is 2.07. The Morgan fingerprint density at radius 1 is 1.47 bits per heavy atom. The summed E-state index contributed by atoms with van der Waals surface area (Å²) in [4.78, 5) is 13.1. The average molecular weight is 236 g/mol. The highest BCUT2D eigenvalue weighted by Crippen LogP contribution is 2.04. The molecule has 0 saturated heterocycles. The van der Waals surface area contributed by atoms with E-state index in [9.17, 15) is 10.1 Å². The van der Waals surface area contributed by atoms with Crippen molar-refractivity contribution in [3.63, 3.8) is 0 Å². The van der Waals surface area contributed by atoms with Crippen molar-refractivity contribution >= 4 is 17.9 Å². The normalized spacial score (nSPS) is 10.3. The Morgan fingerprint density at radius 3 is 2.80 bits per heavy atom. The molecule has 6 heteroatoms. The molecule has 0 fully saturated rings. The Balaban J connectivity index is 3.42. The first-order valence-corrected chi connectivity index (χ1v) is 5.95. The number of hydrogen-bond acceptors (Lipinski definition) is 5. The summed E-state index contributed by atoms with van der Waals surface area (Å²) in [5.41, 5.74) is 0. The summed E-state index contributed by atoms with van der Waals surface area (Å²) in [6, 6.07) is 0. The third-order valence-corrected chi connectivity index (χ3v) is 2.51. The smallest absolute Gasteiger partial charge is 0.222 e. The number of rotatable bonds is 9. The van der Waals surface area contributed by atoms with E-state index >= 15 is 0 Å². The molecule has 90 valence electrons. The Hall–Kier alpha value is -0.300. The third kappa shape index (κ3) is 8.68. The zero-order valence-electron chi connectivity index (χ0n) is 9.23. The molecular formula is C9H18NO4S-. The number of carbonyl (C=O) groups is 1. The van der Waals surface area contributed by atoms with Crippen molar-refractivity contribution in [3.8, 4) is 0 Å². The van der Waals surface area contributed by atoms with E-state index in [0.29, 0.717) is 18.7 Å². The Bertz CT molecular complexity index is 168. The van der Waals surface area contributed by atoms with Crippen molar-refractivity contribution in [1.82, 2.24) is 4.90 Å². The molecule has 0 aliphatic heterocycles. The summed E-state index contributed by atoms with van der Waals surface area (Å²) in [5, 5.41) is 12.6. The van der Waals surface area contributed by atoms with E-state index in [1.807, 2.05) is 0 Å². The van der Waals surface area contributed by atoms with Crippen LogP contribution in [0.25, 0.3) is 0 Å². The number of unbranched alkanes of at least 4 members (excludes halogenated alkanes) is 2. The van der Waals surface area contributed by atoms with Gasteiger partial charge in [-0.2, -0.15) is 4.33 Å². The molecule has 0 aromatic heterocycles. The molecule has 15 heavy (non-hydrogen) atoms. The van der Waals surface area contributed by atoms with Gasteiger partial charge < -0.3 is 10.2 Å². The van der Waals surface area contributed by atoms with Crippen LogP contribution in [0.15, 0.2) is 0 Å². The van der Waals surface area contributed by atoms with E-state index in [0.717, 1.165) is 31.3 Å². The minimum atomic E-state index is 0.132. The molecule has 0 N–H and O–H groups in total. The van der Waals surface area contributed by atoms with Crippen LogP contribution in [0.4, 0.5) is 0 Å². The largest absolute Gasteiger partial charge is 0.691 e. The average Bonchev–Trinajstić information content (AvgIpc) is 2.24. The van der Waals surface area contributed by atoms with Gasteiger partial charge in [-0.05, 0) is 6.42 Å². The number of carbonyl (C=O) groups excluding carboxylic acids is 1. The molecule has 0 radical (unpaired) electrons. The molecule has 0 aliphatic rings. The van der Waals surface area contributed by atoms with Crippen LogP contribution in [0.5, 0.6) is 0 Å². The SMILES string of the molecule is CCCCCC(=O)N(C)CCSOO[O-]. The molecule has 0 spiro atoms. The Morgan fingerprint density at radius 2 is 2.20 bits per heavy atom. The van der Waals surface area contributed by atoms with Crippen molar-refractivity contribution in [2.24, 2.45) is 0 Å². The zero-order valence-corrected chi connectivity index (χ0v) is 10.0. The standard InChI is InChI=1S/C9H19NO4S/c1-3-4-5-6-9(11)10(2)7-8-15-14-13-12/h12H,3-8H2,1-2H3/p-1. The first-order valence-electron chi connectivity index (χ1n) is 5.04. The molecule has 0 aromatic rings. The van der Waals surface area contributed by atoms with E-state index in [4.69, 9.17) is 0 Å². The Labute approximate surface area is 94.8 Å². The highest BCUT2D eigenvalue weighted by molar-refractivity contribution is 7.94. The molecule has 0 heterocycles. The van der Waals surface area contributed by atoms with Crippen LogP contribution in [0.3, 0.4) is 0 Å². The van der Waals surface area contributed by atoms with Crippen LogP contribution >= 0.6 is 12.0 Å². The summed E-state index contributed by atoms with van der Waals surface area (Å²) in [6.07, 6.45) is 3.73. The van der Waals surface area contributed by atoms with E-state index < -0.39 is 0 Å². The van der Waals surface area contributed by atoms with E-state index in [-0.39, 0.29) is 5.91 Å².